The minimum absolute atomic E-state index is 0.00885. The molecular weight excluding hydrogens is 348 g/mol. The summed E-state index contributed by atoms with van der Waals surface area (Å²) in [6.07, 6.45) is 1.85. The quantitative estimate of drug-likeness (QED) is 0.794. The highest BCUT2D eigenvalue weighted by Gasteiger charge is 2.26. The van der Waals surface area contributed by atoms with Crippen molar-refractivity contribution in [2.75, 3.05) is 18.4 Å². The van der Waals surface area contributed by atoms with Crippen molar-refractivity contribution in [3.05, 3.63) is 64.7 Å². The van der Waals surface area contributed by atoms with Gasteiger partial charge in [0, 0.05) is 29.4 Å². The molecule has 0 aromatic heterocycles. The molecule has 2 aromatic carbocycles. The maximum Gasteiger partial charge on any atom is 0.228 e. The lowest BCUT2D eigenvalue weighted by atomic mass is 9.96. The Hall–Kier alpha value is -2.17. The number of carbonyl (C=O) groups excluding carboxylic acids is 2. The molecule has 1 fully saturated rings. The van der Waals surface area contributed by atoms with Gasteiger partial charge in [0.1, 0.15) is 0 Å². The molecule has 136 valence electrons. The van der Waals surface area contributed by atoms with E-state index in [4.69, 9.17) is 11.6 Å². The van der Waals surface area contributed by atoms with Gasteiger partial charge in [-0.1, -0.05) is 41.9 Å². The molecule has 1 amide bonds. The van der Waals surface area contributed by atoms with Gasteiger partial charge in [-0.3, -0.25) is 14.5 Å². The Labute approximate surface area is 159 Å². The van der Waals surface area contributed by atoms with Crippen LogP contribution in [0.5, 0.6) is 0 Å². The molecule has 5 heteroatoms. The summed E-state index contributed by atoms with van der Waals surface area (Å²) in [5, 5.41) is 3.72. The first-order valence-electron chi connectivity index (χ1n) is 8.90. The molecule has 1 heterocycles. The highest BCUT2D eigenvalue weighted by atomic mass is 35.5. The maximum atomic E-state index is 12.7. The molecule has 1 saturated heterocycles. The first-order valence-corrected chi connectivity index (χ1v) is 9.28. The molecule has 0 saturated carbocycles. The van der Waals surface area contributed by atoms with Crippen LogP contribution < -0.4 is 5.32 Å². The Kier molecular flexibility index (Phi) is 6.07. The average Bonchev–Trinajstić information content (AvgIpc) is 2.64. The van der Waals surface area contributed by atoms with E-state index in [9.17, 15) is 9.59 Å². The van der Waals surface area contributed by atoms with Gasteiger partial charge in [0.25, 0.3) is 0 Å². The molecule has 1 aliphatic heterocycles. The second kappa shape index (κ2) is 8.47. The highest BCUT2D eigenvalue weighted by Crippen LogP contribution is 2.23. The molecule has 3 rings (SSSR count). The number of rotatable bonds is 5. The molecule has 2 aromatic rings. The lowest BCUT2D eigenvalue weighted by molar-refractivity contribution is -0.121. The summed E-state index contributed by atoms with van der Waals surface area (Å²) in [4.78, 5) is 26.4. The summed E-state index contributed by atoms with van der Waals surface area (Å²) in [7, 11) is 0. The lowest BCUT2D eigenvalue weighted by Crippen LogP contribution is -2.40. The number of halogens is 1. The Balaban J connectivity index is 1.62. The van der Waals surface area contributed by atoms with Crippen LogP contribution in [-0.2, 0) is 11.3 Å². The van der Waals surface area contributed by atoms with E-state index >= 15 is 0 Å². The zero-order chi connectivity index (χ0) is 18.5. The smallest absolute Gasteiger partial charge is 0.228 e. The zero-order valence-corrected chi connectivity index (χ0v) is 15.6. The fourth-order valence-corrected chi connectivity index (χ4v) is 3.54. The van der Waals surface area contributed by atoms with Crippen molar-refractivity contribution >= 4 is 29.0 Å². The summed E-state index contributed by atoms with van der Waals surface area (Å²) in [6, 6.07) is 14.9. The number of ketones is 1. The average molecular weight is 371 g/mol. The van der Waals surface area contributed by atoms with Crippen molar-refractivity contribution in [1.29, 1.82) is 0 Å². The lowest BCUT2D eigenvalue weighted by Gasteiger charge is -2.32. The number of hydrogen-bond donors (Lipinski definition) is 1. The van der Waals surface area contributed by atoms with Gasteiger partial charge in [0.05, 0.1) is 5.92 Å². The number of amides is 1. The Bertz CT molecular complexity index is 806. The van der Waals surface area contributed by atoms with Crippen LogP contribution in [0.4, 0.5) is 5.69 Å². The van der Waals surface area contributed by atoms with Crippen LogP contribution in [-0.4, -0.2) is 29.7 Å². The second-order valence-electron chi connectivity index (χ2n) is 6.79. The largest absolute Gasteiger partial charge is 0.326 e. The molecule has 1 aliphatic rings. The standard InChI is InChI=1S/C21H23ClN2O2/c1-15(25)16-7-4-9-19(12-16)23-21(26)18-8-5-11-24(14-18)13-17-6-2-3-10-20(17)22/h2-4,6-7,9-10,12,18H,5,8,11,13-14H2,1H3,(H,23,26)/t18-/m1/s1. The Morgan fingerprint density at radius 1 is 1.19 bits per heavy atom. The first kappa shape index (κ1) is 18.6. The normalized spacial score (nSPS) is 17.7. The van der Waals surface area contributed by atoms with E-state index in [0.717, 1.165) is 36.5 Å². The van der Waals surface area contributed by atoms with E-state index in [-0.39, 0.29) is 17.6 Å². The van der Waals surface area contributed by atoms with Crippen LogP contribution in [0.15, 0.2) is 48.5 Å². The van der Waals surface area contributed by atoms with Crippen LogP contribution in [0, 0.1) is 5.92 Å². The van der Waals surface area contributed by atoms with Gasteiger partial charge in [-0.15, -0.1) is 0 Å². The van der Waals surface area contributed by atoms with Crippen molar-refractivity contribution in [3.8, 4) is 0 Å². The molecule has 4 nitrogen and oxygen atoms in total. The summed E-state index contributed by atoms with van der Waals surface area (Å²) < 4.78 is 0. The predicted octanol–water partition coefficient (Wildman–Crippen LogP) is 4.39. The minimum Gasteiger partial charge on any atom is -0.326 e. The van der Waals surface area contributed by atoms with E-state index in [0.29, 0.717) is 17.8 Å². The maximum absolute atomic E-state index is 12.7. The van der Waals surface area contributed by atoms with Gasteiger partial charge >= 0.3 is 0 Å². The van der Waals surface area contributed by atoms with Gasteiger partial charge in [0.2, 0.25) is 5.91 Å². The van der Waals surface area contributed by atoms with Crippen molar-refractivity contribution in [2.24, 2.45) is 5.92 Å². The van der Waals surface area contributed by atoms with Gasteiger partial charge in [-0.05, 0) is 50.1 Å². The fourth-order valence-electron chi connectivity index (χ4n) is 3.34. The van der Waals surface area contributed by atoms with E-state index in [1.807, 2.05) is 30.3 Å². The summed E-state index contributed by atoms with van der Waals surface area (Å²) >= 11 is 6.26. The molecule has 26 heavy (non-hydrogen) atoms. The minimum atomic E-state index is -0.0628. The molecule has 0 bridgehead atoms. The van der Waals surface area contributed by atoms with E-state index in [1.165, 1.54) is 6.92 Å². The zero-order valence-electron chi connectivity index (χ0n) is 14.9. The summed E-state index contributed by atoms with van der Waals surface area (Å²) in [5.74, 6) is -0.0635. The van der Waals surface area contributed by atoms with Crippen molar-refractivity contribution in [2.45, 2.75) is 26.3 Å². The number of carbonyl (C=O) groups is 2. The number of piperidine rings is 1. The summed E-state index contributed by atoms with van der Waals surface area (Å²) in [6.45, 7) is 3.95. The molecule has 1 N–H and O–H groups in total. The van der Waals surface area contributed by atoms with Gasteiger partial charge in [-0.25, -0.2) is 0 Å². The molecule has 0 radical (unpaired) electrons. The number of nitrogens with one attached hydrogen (secondary N) is 1. The van der Waals surface area contributed by atoms with Crippen molar-refractivity contribution in [3.63, 3.8) is 0 Å². The Morgan fingerprint density at radius 3 is 2.77 bits per heavy atom. The van der Waals surface area contributed by atoms with Crippen LogP contribution in [0.3, 0.4) is 0 Å². The predicted molar refractivity (Wildman–Crippen MR) is 105 cm³/mol. The van der Waals surface area contributed by atoms with Crippen LogP contribution in [0.25, 0.3) is 0 Å². The third-order valence-corrected chi connectivity index (χ3v) is 5.13. The number of hydrogen-bond acceptors (Lipinski definition) is 3. The number of likely N-dealkylation sites (tertiary alicyclic amines) is 1. The second-order valence-corrected chi connectivity index (χ2v) is 7.20. The number of nitrogens with zero attached hydrogens (tertiary/aromatic N) is 1. The molecular formula is C21H23ClN2O2. The Morgan fingerprint density at radius 2 is 2.00 bits per heavy atom. The molecule has 0 unspecified atom stereocenters. The van der Waals surface area contributed by atoms with Gasteiger partial charge in [-0.2, -0.15) is 0 Å². The van der Waals surface area contributed by atoms with Crippen LogP contribution in [0.2, 0.25) is 5.02 Å². The number of anilines is 1. The summed E-state index contributed by atoms with van der Waals surface area (Å²) in [5.41, 5.74) is 2.36. The van der Waals surface area contributed by atoms with Crippen molar-refractivity contribution < 1.29 is 9.59 Å². The van der Waals surface area contributed by atoms with E-state index in [1.54, 1.807) is 18.2 Å². The third-order valence-electron chi connectivity index (χ3n) is 4.76. The highest BCUT2D eigenvalue weighted by molar-refractivity contribution is 6.31. The number of Topliss-reactive ketones (excluding diaryl/α,β-unsaturated/α-hetero) is 1. The van der Waals surface area contributed by atoms with Gasteiger partial charge < -0.3 is 5.32 Å². The monoisotopic (exact) mass is 370 g/mol. The van der Waals surface area contributed by atoms with E-state index < -0.39 is 0 Å². The SMILES string of the molecule is CC(=O)c1cccc(NC(=O)[C@@H]2CCCN(Cc3ccccc3Cl)C2)c1. The molecule has 0 aliphatic carbocycles. The third kappa shape index (κ3) is 4.71. The fraction of sp³-hybridized carbons (Fsp3) is 0.333. The van der Waals surface area contributed by atoms with Crippen LogP contribution in [0.1, 0.15) is 35.7 Å². The van der Waals surface area contributed by atoms with Gasteiger partial charge in [0.15, 0.2) is 5.78 Å². The molecule has 1 atom stereocenters. The number of benzene rings is 2. The topological polar surface area (TPSA) is 49.4 Å². The van der Waals surface area contributed by atoms with Crippen molar-refractivity contribution in [1.82, 2.24) is 4.90 Å². The van der Waals surface area contributed by atoms with Crippen LogP contribution >= 0.6 is 11.6 Å². The van der Waals surface area contributed by atoms with E-state index in [2.05, 4.69) is 10.2 Å². The first-order chi connectivity index (χ1) is 12.5. The molecule has 0 spiro atoms.